The molecule has 4 N–H and O–H groups in total. The molecular formula is C14H15N3O3S. The van der Waals surface area contributed by atoms with Gasteiger partial charge in [-0.1, -0.05) is 6.07 Å². The van der Waals surface area contributed by atoms with Crippen LogP contribution in [0.2, 0.25) is 0 Å². The summed E-state index contributed by atoms with van der Waals surface area (Å²) in [6.45, 7) is -0.143. The number of amides is 2. The summed E-state index contributed by atoms with van der Waals surface area (Å²) in [5, 5.41) is 7.20. The van der Waals surface area contributed by atoms with Gasteiger partial charge in [-0.2, -0.15) is 0 Å². The summed E-state index contributed by atoms with van der Waals surface area (Å²) in [5.41, 5.74) is 6.21. The molecule has 2 rings (SSSR count). The molecule has 0 aliphatic rings. The van der Waals surface area contributed by atoms with Gasteiger partial charge in [0, 0.05) is 6.07 Å². The van der Waals surface area contributed by atoms with Crippen molar-refractivity contribution in [1.82, 2.24) is 0 Å². The number of methoxy groups -OCH3 is 1. The van der Waals surface area contributed by atoms with E-state index in [0.29, 0.717) is 22.0 Å². The van der Waals surface area contributed by atoms with E-state index in [1.165, 1.54) is 18.4 Å². The van der Waals surface area contributed by atoms with Crippen LogP contribution in [0.25, 0.3) is 0 Å². The quantitative estimate of drug-likeness (QED) is 0.786. The zero-order valence-electron chi connectivity index (χ0n) is 11.4. The van der Waals surface area contributed by atoms with E-state index in [9.17, 15) is 9.59 Å². The molecule has 21 heavy (non-hydrogen) atoms. The van der Waals surface area contributed by atoms with Crippen LogP contribution in [0.5, 0.6) is 5.75 Å². The van der Waals surface area contributed by atoms with Gasteiger partial charge in [0.2, 0.25) is 5.91 Å². The van der Waals surface area contributed by atoms with Crippen molar-refractivity contribution in [2.45, 2.75) is 0 Å². The lowest BCUT2D eigenvalue weighted by molar-refractivity contribution is -0.114. The maximum absolute atomic E-state index is 12.1. The van der Waals surface area contributed by atoms with Gasteiger partial charge < -0.3 is 21.1 Å². The van der Waals surface area contributed by atoms with Crippen LogP contribution in [0.3, 0.4) is 0 Å². The molecule has 0 spiro atoms. The van der Waals surface area contributed by atoms with E-state index < -0.39 is 0 Å². The van der Waals surface area contributed by atoms with Crippen LogP contribution in [0, 0.1) is 0 Å². The largest absolute Gasteiger partial charge is 0.497 e. The lowest BCUT2D eigenvalue weighted by atomic mass is 10.2. The predicted octanol–water partition coefficient (Wildman–Crippen LogP) is 1.91. The van der Waals surface area contributed by atoms with Crippen molar-refractivity contribution in [3.63, 3.8) is 0 Å². The molecule has 110 valence electrons. The summed E-state index contributed by atoms with van der Waals surface area (Å²) < 4.78 is 5.11. The number of thiophene rings is 1. The number of carbonyl (C=O) groups excluding carboxylic acids is 2. The highest BCUT2D eigenvalue weighted by molar-refractivity contribution is 7.12. The van der Waals surface area contributed by atoms with Gasteiger partial charge in [-0.3, -0.25) is 9.59 Å². The van der Waals surface area contributed by atoms with E-state index in [2.05, 4.69) is 10.6 Å². The van der Waals surface area contributed by atoms with Gasteiger partial charge in [-0.25, -0.2) is 0 Å². The highest BCUT2D eigenvalue weighted by atomic mass is 32.1. The molecule has 0 bridgehead atoms. The van der Waals surface area contributed by atoms with E-state index in [-0.39, 0.29) is 18.4 Å². The fourth-order valence-electron chi connectivity index (χ4n) is 1.66. The fourth-order valence-corrected chi connectivity index (χ4v) is 2.27. The lowest BCUT2D eigenvalue weighted by Crippen LogP contribution is -2.23. The molecule has 0 saturated carbocycles. The Morgan fingerprint density at radius 3 is 2.67 bits per heavy atom. The van der Waals surface area contributed by atoms with Crippen molar-refractivity contribution in [2.75, 3.05) is 24.3 Å². The Hall–Kier alpha value is -2.38. The molecule has 0 aliphatic carbocycles. The minimum atomic E-state index is -0.352. The summed E-state index contributed by atoms with van der Waals surface area (Å²) in [6.07, 6.45) is 0. The van der Waals surface area contributed by atoms with Gasteiger partial charge in [0.25, 0.3) is 5.91 Å². The Balaban J connectivity index is 2.24. The van der Waals surface area contributed by atoms with Crippen molar-refractivity contribution in [3.05, 3.63) is 40.6 Å². The van der Waals surface area contributed by atoms with E-state index in [4.69, 9.17) is 10.5 Å². The molecule has 2 amide bonds. The van der Waals surface area contributed by atoms with Crippen LogP contribution < -0.4 is 21.1 Å². The first kappa shape index (κ1) is 15.0. The molecule has 0 unspecified atom stereocenters. The number of anilines is 2. The molecule has 0 atom stereocenters. The highest BCUT2D eigenvalue weighted by Gasteiger charge is 2.12. The number of hydrogen-bond acceptors (Lipinski definition) is 5. The number of rotatable bonds is 5. The topological polar surface area (TPSA) is 93.5 Å². The van der Waals surface area contributed by atoms with Gasteiger partial charge in [-0.05, 0) is 23.6 Å². The normalized spacial score (nSPS) is 10.0. The van der Waals surface area contributed by atoms with Crippen LogP contribution in [0.15, 0.2) is 35.7 Å². The Labute approximate surface area is 125 Å². The van der Waals surface area contributed by atoms with Crippen molar-refractivity contribution in [2.24, 2.45) is 5.73 Å². The average molecular weight is 305 g/mol. The van der Waals surface area contributed by atoms with Gasteiger partial charge in [0.15, 0.2) is 0 Å². The third-order valence-electron chi connectivity index (χ3n) is 2.68. The Morgan fingerprint density at radius 2 is 2.05 bits per heavy atom. The molecule has 7 heteroatoms. The Morgan fingerprint density at radius 1 is 1.24 bits per heavy atom. The minimum Gasteiger partial charge on any atom is -0.497 e. The lowest BCUT2D eigenvalue weighted by Gasteiger charge is -2.13. The van der Waals surface area contributed by atoms with Gasteiger partial charge in [-0.15, -0.1) is 11.3 Å². The van der Waals surface area contributed by atoms with Crippen LogP contribution >= 0.6 is 11.3 Å². The summed E-state index contributed by atoms with van der Waals surface area (Å²) >= 11 is 1.34. The summed E-state index contributed by atoms with van der Waals surface area (Å²) in [5.74, 6) is -0.0234. The second-order valence-electron chi connectivity index (χ2n) is 4.10. The Bertz CT molecular complexity index is 641. The molecule has 1 heterocycles. The summed E-state index contributed by atoms with van der Waals surface area (Å²) in [6, 6.07) is 8.50. The standard InChI is InChI=1S/C14H15N3O3S/c1-20-9-4-5-10(11(7-9)16-13(18)8-15)17-14(19)12-3-2-6-21-12/h2-7H,8,15H2,1H3,(H,16,18)(H,17,19). The molecular weight excluding hydrogens is 290 g/mol. The molecule has 0 aliphatic heterocycles. The summed E-state index contributed by atoms with van der Waals surface area (Å²) in [7, 11) is 1.52. The summed E-state index contributed by atoms with van der Waals surface area (Å²) in [4.78, 5) is 24.1. The molecule has 0 radical (unpaired) electrons. The predicted molar refractivity (Wildman–Crippen MR) is 83.0 cm³/mol. The highest BCUT2D eigenvalue weighted by Crippen LogP contribution is 2.27. The van der Waals surface area contributed by atoms with E-state index in [1.54, 1.807) is 30.3 Å². The Kier molecular flexibility index (Phi) is 4.91. The molecule has 2 aromatic rings. The molecule has 1 aromatic carbocycles. The van der Waals surface area contributed by atoms with Crippen molar-refractivity contribution in [3.8, 4) is 5.75 Å². The maximum Gasteiger partial charge on any atom is 0.265 e. The minimum absolute atomic E-state index is 0.143. The number of carbonyl (C=O) groups is 2. The third kappa shape index (κ3) is 3.80. The zero-order chi connectivity index (χ0) is 15.2. The van der Waals surface area contributed by atoms with E-state index >= 15 is 0 Å². The first-order chi connectivity index (χ1) is 10.1. The van der Waals surface area contributed by atoms with E-state index in [0.717, 1.165) is 0 Å². The monoisotopic (exact) mass is 305 g/mol. The smallest absolute Gasteiger partial charge is 0.265 e. The average Bonchev–Trinajstić information content (AvgIpc) is 3.03. The maximum atomic E-state index is 12.1. The van der Waals surface area contributed by atoms with Crippen molar-refractivity contribution in [1.29, 1.82) is 0 Å². The zero-order valence-corrected chi connectivity index (χ0v) is 12.2. The van der Waals surface area contributed by atoms with Gasteiger partial charge in [0.1, 0.15) is 5.75 Å². The van der Waals surface area contributed by atoms with Gasteiger partial charge >= 0.3 is 0 Å². The van der Waals surface area contributed by atoms with Crippen LogP contribution in [-0.4, -0.2) is 25.5 Å². The van der Waals surface area contributed by atoms with Crippen LogP contribution in [0.4, 0.5) is 11.4 Å². The fraction of sp³-hybridized carbons (Fsp3) is 0.143. The first-order valence-electron chi connectivity index (χ1n) is 6.17. The third-order valence-corrected chi connectivity index (χ3v) is 3.55. The molecule has 0 fully saturated rings. The van der Waals surface area contributed by atoms with Crippen molar-refractivity contribution < 1.29 is 14.3 Å². The number of hydrogen-bond donors (Lipinski definition) is 3. The number of nitrogens with one attached hydrogen (secondary N) is 2. The van der Waals surface area contributed by atoms with Crippen LogP contribution in [-0.2, 0) is 4.79 Å². The number of ether oxygens (including phenoxy) is 1. The van der Waals surface area contributed by atoms with Gasteiger partial charge in [0.05, 0.1) is 29.9 Å². The second-order valence-corrected chi connectivity index (χ2v) is 5.04. The molecule has 6 nitrogen and oxygen atoms in total. The van der Waals surface area contributed by atoms with Crippen molar-refractivity contribution >= 4 is 34.5 Å². The number of benzene rings is 1. The SMILES string of the molecule is COc1ccc(NC(=O)c2cccs2)c(NC(=O)CN)c1. The second kappa shape index (κ2) is 6.87. The molecule has 1 aromatic heterocycles. The molecule has 0 saturated heterocycles. The number of nitrogens with two attached hydrogens (primary N) is 1. The van der Waals surface area contributed by atoms with E-state index in [1.807, 2.05) is 5.38 Å². The first-order valence-corrected chi connectivity index (χ1v) is 7.05. The van der Waals surface area contributed by atoms with Crippen LogP contribution in [0.1, 0.15) is 9.67 Å².